The average molecular weight is 500 g/mol. The molecular weight excluding hydrogens is 485 g/mol. The number of anilines is 1. The van der Waals surface area contributed by atoms with Crippen LogP contribution in [0.25, 0.3) is 22.6 Å². The van der Waals surface area contributed by atoms with Gasteiger partial charge in [0.25, 0.3) is 5.91 Å². The van der Waals surface area contributed by atoms with Gasteiger partial charge in [0.05, 0.1) is 10.0 Å². The molecule has 0 atom stereocenters. The first-order valence-electron chi connectivity index (χ1n) is 9.84. The van der Waals surface area contributed by atoms with Gasteiger partial charge in [-0.1, -0.05) is 23.2 Å². The predicted molar refractivity (Wildman–Crippen MR) is 131 cm³/mol. The number of hydrogen-bond donors (Lipinski definition) is 2. The lowest BCUT2D eigenvalue weighted by Gasteiger charge is -2.18. The molecule has 10 heteroatoms. The zero-order valence-electron chi connectivity index (χ0n) is 16.9. The standard InChI is InChI=1S/C23H15Cl2N3O4S/c24-15-4-1-13(9-16(15)25)22-27-17-11-14(3-6-18(17)32-22)26-23(33)28-21(29)12-2-5-19-20(10-12)31-8-7-30-19/h1-6,9-11H,7-8H2,(H2,26,28,29,33). The van der Waals surface area contributed by atoms with Crippen LogP contribution in [0.3, 0.4) is 0 Å². The molecule has 0 saturated carbocycles. The zero-order chi connectivity index (χ0) is 22.9. The third kappa shape index (κ3) is 4.59. The molecule has 2 heterocycles. The number of aromatic nitrogens is 1. The van der Waals surface area contributed by atoms with Gasteiger partial charge in [-0.3, -0.25) is 10.1 Å². The van der Waals surface area contributed by atoms with Crippen molar-refractivity contribution in [3.63, 3.8) is 0 Å². The van der Waals surface area contributed by atoms with E-state index in [0.29, 0.717) is 68.6 Å². The molecule has 0 unspecified atom stereocenters. The Morgan fingerprint density at radius 2 is 1.76 bits per heavy atom. The Morgan fingerprint density at radius 1 is 0.939 bits per heavy atom. The fourth-order valence-corrected chi connectivity index (χ4v) is 3.79. The number of thiocarbonyl (C=S) groups is 1. The molecule has 1 amide bonds. The molecule has 2 N–H and O–H groups in total. The Morgan fingerprint density at radius 3 is 2.58 bits per heavy atom. The Labute approximate surface area is 203 Å². The van der Waals surface area contributed by atoms with Crippen molar-refractivity contribution in [2.24, 2.45) is 0 Å². The first-order chi connectivity index (χ1) is 16.0. The lowest BCUT2D eigenvalue weighted by Crippen LogP contribution is -2.34. The minimum Gasteiger partial charge on any atom is -0.486 e. The quantitative estimate of drug-likeness (QED) is 0.349. The van der Waals surface area contributed by atoms with Crippen LogP contribution in [0, 0.1) is 0 Å². The summed E-state index contributed by atoms with van der Waals surface area (Å²) in [7, 11) is 0. The number of hydrogen-bond acceptors (Lipinski definition) is 6. The molecule has 0 bridgehead atoms. The number of rotatable bonds is 3. The molecule has 4 aromatic rings. The van der Waals surface area contributed by atoms with Crippen LogP contribution in [0.1, 0.15) is 10.4 Å². The molecule has 0 radical (unpaired) electrons. The van der Waals surface area contributed by atoms with Crippen molar-refractivity contribution in [2.75, 3.05) is 18.5 Å². The van der Waals surface area contributed by atoms with Crippen LogP contribution < -0.4 is 20.1 Å². The third-order valence-electron chi connectivity index (χ3n) is 4.84. The largest absolute Gasteiger partial charge is 0.486 e. The summed E-state index contributed by atoms with van der Waals surface area (Å²) in [5, 5.41) is 6.65. The summed E-state index contributed by atoms with van der Waals surface area (Å²) >= 11 is 17.4. The van der Waals surface area contributed by atoms with E-state index in [9.17, 15) is 4.79 Å². The fourth-order valence-electron chi connectivity index (χ4n) is 3.28. The molecule has 0 spiro atoms. The van der Waals surface area contributed by atoms with Crippen molar-refractivity contribution in [3.05, 3.63) is 70.2 Å². The summed E-state index contributed by atoms with van der Waals surface area (Å²) in [5.74, 6) is 1.19. The van der Waals surface area contributed by atoms with E-state index >= 15 is 0 Å². The monoisotopic (exact) mass is 499 g/mol. The van der Waals surface area contributed by atoms with Crippen molar-refractivity contribution in [3.8, 4) is 23.0 Å². The molecule has 33 heavy (non-hydrogen) atoms. The van der Waals surface area contributed by atoms with Gasteiger partial charge in [-0.05, 0) is 66.8 Å². The van der Waals surface area contributed by atoms with Gasteiger partial charge in [0.1, 0.15) is 18.7 Å². The highest BCUT2D eigenvalue weighted by atomic mass is 35.5. The number of ether oxygens (including phenoxy) is 2. The first-order valence-corrected chi connectivity index (χ1v) is 11.0. The molecule has 7 nitrogen and oxygen atoms in total. The topological polar surface area (TPSA) is 85.6 Å². The maximum absolute atomic E-state index is 12.6. The number of benzene rings is 3. The zero-order valence-corrected chi connectivity index (χ0v) is 19.2. The molecule has 1 aliphatic rings. The minimum absolute atomic E-state index is 0.141. The highest BCUT2D eigenvalue weighted by Gasteiger charge is 2.16. The van der Waals surface area contributed by atoms with E-state index in [1.807, 2.05) is 0 Å². The van der Waals surface area contributed by atoms with Crippen LogP contribution >= 0.6 is 35.4 Å². The summed E-state index contributed by atoms with van der Waals surface area (Å²) < 4.78 is 16.8. The second kappa shape index (κ2) is 8.90. The van der Waals surface area contributed by atoms with Crippen molar-refractivity contribution < 1.29 is 18.7 Å². The number of nitrogens with zero attached hydrogens (tertiary/aromatic N) is 1. The van der Waals surface area contributed by atoms with Crippen molar-refractivity contribution in [2.45, 2.75) is 0 Å². The van der Waals surface area contributed by atoms with E-state index in [4.69, 9.17) is 49.3 Å². The molecule has 5 rings (SSSR count). The van der Waals surface area contributed by atoms with Crippen LogP contribution in [0.15, 0.2) is 59.0 Å². The Hall–Kier alpha value is -3.33. The van der Waals surface area contributed by atoms with Crippen LogP contribution in [-0.2, 0) is 0 Å². The number of carbonyl (C=O) groups is 1. The molecule has 1 aromatic heterocycles. The molecule has 3 aromatic carbocycles. The second-order valence-corrected chi connectivity index (χ2v) is 8.32. The van der Waals surface area contributed by atoms with Gasteiger partial charge in [-0.25, -0.2) is 4.98 Å². The molecule has 166 valence electrons. The van der Waals surface area contributed by atoms with E-state index in [1.54, 1.807) is 54.6 Å². The number of halogens is 2. The number of nitrogens with one attached hydrogen (secondary N) is 2. The Balaban J connectivity index is 1.29. The number of fused-ring (bicyclic) bond motifs is 2. The smallest absolute Gasteiger partial charge is 0.257 e. The van der Waals surface area contributed by atoms with Crippen LogP contribution in [0.2, 0.25) is 10.0 Å². The van der Waals surface area contributed by atoms with Gasteiger partial charge in [-0.15, -0.1) is 0 Å². The molecule has 0 aliphatic carbocycles. The van der Waals surface area contributed by atoms with Gasteiger partial charge in [0.15, 0.2) is 22.2 Å². The van der Waals surface area contributed by atoms with Gasteiger partial charge < -0.3 is 19.2 Å². The summed E-state index contributed by atoms with van der Waals surface area (Å²) in [6.07, 6.45) is 0. The van der Waals surface area contributed by atoms with Crippen LogP contribution in [-0.4, -0.2) is 29.2 Å². The Kier molecular flexibility index (Phi) is 5.80. The predicted octanol–water partition coefficient (Wildman–Crippen LogP) is 5.70. The lowest BCUT2D eigenvalue weighted by molar-refractivity contribution is 0.0976. The fraction of sp³-hybridized carbons (Fsp3) is 0.0870. The normalized spacial score (nSPS) is 12.4. The number of oxazole rings is 1. The first kappa shape index (κ1) is 21.5. The van der Waals surface area contributed by atoms with Crippen LogP contribution in [0.5, 0.6) is 11.5 Å². The maximum Gasteiger partial charge on any atom is 0.257 e. The van der Waals surface area contributed by atoms with Crippen molar-refractivity contribution in [1.82, 2.24) is 10.3 Å². The minimum atomic E-state index is -0.367. The van der Waals surface area contributed by atoms with Gasteiger partial charge >= 0.3 is 0 Å². The average Bonchev–Trinajstić information content (AvgIpc) is 3.24. The number of carbonyl (C=O) groups excluding carboxylic acids is 1. The van der Waals surface area contributed by atoms with Gasteiger partial charge in [0, 0.05) is 16.8 Å². The summed E-state index contributed by atoms with van der Waals surface area (Å²) in [6, 6.07) is 15.4. The third-order valence-corrected chi connectivity index (χ3v) is 5.79. The van der Waals surface area contributed by atoms with Gasteiger partial charge in [-0.2, -0.15) is 0 Å². The molecule has 1 aliphatic heterocycles. The summed E-state index contributed by atoms with van der Waals surface area (Å²) in [4.78, 5) is 17.1. The second-order valence-electron chi connectivity index (χ2n) is 7.10. The van der Waals surface area contributed by atoms with E-state index in [-0.39, 0.29) is 11.0 Å². The SMILES string of the molecule is O=C(NC(=S)Nc1ccc2oc(-c3ccc(Cl)c(Cl)c3)nc2c1)c1ccc2c(c1)OCCO2. The van der Waals surface area contributed by atoms with Crippen molar-refractivity contribution >= 4 is 63.2 Å². The summed E-state index contributed by atoms with van der Waals surface area (Å²) in [5.41, 5.74) is 2.96. The molecule has 0 fully saturated rings. The van der Waals surface area contributed by atoms with E-state index in [1.165, 1.54) is 0 Å². The van der Waals surface area contributed by atoms with Crippen LogP contribution in [0.4, 0.5) is 5.69 Å². The van der Waals surface area contributed by atoms with Crippen molar-refractivity contribution in [1.29, 1.82) is 0 Å². The highest BCUT2D eigenvalue weighted by molar-refractivity contribution is 7.80. The van der Waals surface area contributed by atoms with E-state index in [0.717, 1.165) is 0 Å². The Bertz CT molecular complexity index is 1410. The van der Waals surface area contributed by atoms with E-state index < -0.39 is 0 Å². The highest BCUT2D eigenvalue weighted by Crippen LogP contribution is 2.32. The van der Waals surface area contributed by atoms with Gasteiger partial charge in [0.2, 0.25) is 5.89 Å². The molecular formula is C23H15Cl2N3O4S. The lowest BCUT2D eigenvalue weighted by atomic mass is 10.2. The number of amides is 1. The van der Waals surface area contributed by atoms with E-state index in [2.05, 4.69) is 15.6 Å². The molecule has 0 saturated heterocycles. The maximum atomic E-state index is 12.6. The summed E-state index contributed by atoms with van der Waals surface area (Å²) in [6.45, 7) is 0.923.